The molecule has 0 atom stereocenters. The molecule has 0 saturated heterocycles. The maximum Gasteiger partial charge on any atom is 0.416 e. The van der Waals surface area contributed by atoms with E-state index in [9.17, 15) is 28.1 Å². The number of benzene rings is 1. The number of nitro groups is 1. The highest BCUT2D eigenvalue weighted by Crippen LogP contribution is 2.31. The van der Waals surface area contributed by atoms with Crippen molar-refractivity contribution in [2.75, 3.05) is 0 Å². The summed E-state index contributed by atoms with van der Waals surface area (Å²) in [6.45, 7) is 1.24. The Kier molecular flexibility index (Phi) is 3.61. The van der Waals surface area contributed by atoms with Gasteiger partial charge in [-0.3, -0.25) is 10.1 Å². The zero-order valence-corrected chi connectivity index (χ0v) is 11.0. The number of hydrogen-bond donors (Lipinski definition) is 1. The van der Waals surface area contributed by atoms with E-state index in [4.69, 9.17) is 5.11 Å². The third-order valence-electron chi connectivity index (χ3n) is 2.85. The summed E-state index contributed by atoms with van der Waals surface area (Å²) in [4.78, 5) is 21.2. The van der Waals surface area contributed by atoms with Crippen molar-refractivity contribution in [3.63, 3.8) is 0 Å². The molecule has 1 aromatic carbocycles. The number of alkyl halides is 3. The van der Waals surface area contributed by atoms with Gasteiger partial charge in [-0.15, -0.1) is 0 Å². The van der Waals surface area contributed by atoms with E-state index in [-0.39, 0.29) is 11.4 Å². The van der Waals surface area contributed by atoms with Gasteiger partial charge in [0.2, 0.25) is 5.69 Å². The van der Waals surface area contributed by atoms with Gasteiger partial charge in [0.05, 0.1) is 16.2 Å². The summed E-state index contributed by atoms with van der Waals surface area (Å²) in [5.41, 5.74) is -2.52. The van der Waals surface area contributed by atoms with Gasteiger partial charge in [0.15, 0.2) is 0 Å². The molecule has 22 heavy (non-hydrogen) atoms. The number of aromatic nitrogens is 2. The third-order valence-corrected chi connectivity index (χ3v) is 2.85. The first-order chi connectivity index (χ1) is 10.1. The van der Waals surface area contributed by atoms with Crippen LogP contribution in [0.3, 0.4) is 0 Å². The molecule has 7 nitrogen and oxygen atoms in total. The van der Waals surface area contributed by atoms with E-state index < -0.39 is 34.0 Å². The fourth-order valence-corrected chi connectivity index (χ4v) is 1.91. The van der Waals surface area contributed by atoms with Gasteiger partial charge in [-0.25, -0.2) is 9.48 Å². The molecule has 0 aliphatic carbocycles. The Morgan fingerprint density at radius 2 is 1.86 bits per heavy atom. The lowest BCUT2D eigenvalue weighted by molar-refractivity contribution is -0.385. The van der Waals surface area contributed by atoms with Crippen molar-refractivity contribution in [3.05, 3.63) is 51.3 Å². The van der Waals surface area contributed by atoms with E-state index in [1.807, 2.05) is 0 Å². The number of rotatable bonds is 3. The highest BCUT2D eigenvalue weighted by molar-refractivity contribution is 5.91. The minimum absolute atomic E-state index is 0.0263. The second-order valence-corrected chi connectivity index (χ2v) is 4.30. The van der Waals surface area contributed by atoms with Crippen LogP contribution in [-0.2, 0) is 6.18 Å². The zero-order chi connectivity index (χ0) is 16.7. The van der Waals surface area contributed by atoms with E-state index in [1.165, 1.54) is 6.92 Å². The molecule has 0 radical (unpaired) electrons. The molecule has 2 rings (SSSR count). The Hall–Kier alpha value is -2.91. The summed E-state index contributed by atoms with van der Waals surface area (Å²) < 4.78 is 38.2. The fraction of sp³-hybridized carbons (Fsp3) is 0.167. The van der Waals surface area contributed by atoms with Gasteiger partial charge in [0.1, 0.15) is 5.69 Å². The first kappa shape index (κ1) is 15.5. The molecule has 0 amide bonds. The topological polar surface area (TPSA) is 98.3 Å². The third kappa shape index (κ3) is 2.62. The molecule has 1 N–H and O–H groups in total. The molecule has 0 aliphatic rings. The molecule has 1 aromatic heterocycles. The van der Waals surface area contributed by atoms with Crippen molar-refractivity contribution in [2.45, 2.75) is 13.1 Å². The van der Waals surface area contributed by atoms with Gasteiger partial charge in [-0.05, 0) is 31.2 Å². The summed E-state index contributed by atoms with van der Waals surface area (Å²) in [6, 6.07) is 3.46. The maximum absolute atomic E-state index is 12.5. The normalized spacial score (nSPS) is 11.5. The fourth-order valence-electron chi connectivity index (χ4n) is 1.91. The van der Waals surface area contributed by atoms with Gasteiger partial charge >= 0.3 is 17.8 Å². The Morgan fingerprint density at radius 1 is 1.32 bits per heavy atom. The van der Waals surface area contributed by atoms with Gasteiger partial charge in [0, 0.05) is 0 Å². The Morgan fingerprint density at radius 3 is 2.27 bits per heavy atom. The van der Waals surface area contributed by atoms with Crippen molar-refractivity contribution < 1.29 is 28.0 Å². The van der Waals surface area contributed by atoms with E-state index in [0.717, 1.165) is 28.9 Å². The SMILES string of the molecule is Cc1nn(-c2ccc(C(F)(F)F)cc2)c(C(=O)O)c1[N+](=O)[O-]. The van der Waals surface area contributed by atoms with Crippen LogP contribution in [0, 0.1) is 17.0 Å². The van der Waals surface area contributed by atoms with Crippen molar-refractivity contribution in [3.8, 4) is 5.69 Å². The highest BCUT2D eigenvalue weighted by atomic mass is 19.4. The van der Waals surface area contributed by atoms with Crippen LogP contribution in [0.1, 0.15) is 21.7 Å². The molecular formula is C12H8F3N3O4. The zero-order valence-electron chi connectivity index (χ0n) is 11.0. The van der Waals surface area contributed by atoms with Crippen LogP contribution in [-0.4, -0.2) is 25.8 Å². The molecule has 2 aromatic rings. The van der Waals surface area contributed by atoms with Crippen molar-refractivity contribution in [1.29, 1.82) is 0 Å². The molecule has 0 fully saturated rings. The van der Waals surface area contributed by atoms with Crippen molar-refractivity contribution in [1.82, 2.24) is 9.78 Å². The standard InChI is InChI=1S/C12H8F3N3O4/c1-6-9(18(21)22)10(11(19)20)17(16-6)8-4-2-7(3-5-8)12(13,14)15/h2-5H,1H3,(H,19,20). The quantitative estimate of drug-likeness (QED) is 0.693. The molecule has 0 spiro atoms. The molecule has 0 aliphatic heterocycles. The Labute approximate surface area is 120 Å². The number of aromatic carboxylic acids is 1. The minimum Gasteiger partial charge on any atom is -0.476 e. The van der Waals surface area contributed by atoms with Crippen LogP contribution < -0.4 is 0 Å². The molecule has 0 bridgehead atoms. The number of aryl methyl sites for hydroxylation is 1. The number of hydrogen-bond acceptors (Lipinski definition) is 4. The van der Waals surface area contributed by atoms with Gasteiger partial charge in [-0.2, -0.15) is 18.3 Å². The van der Waals surface area contributed by atoms with Crippen LogP contribution in [0.2, 0.25) is 0 Å². The predicted molar refractivity (Wildman–Crippen MR) is 66.9 cm³/mol. The lowest BCUT2D eigenvalue weighted by Gasteiger charge is -2.08. The number of carboxylic acids is 1. The average molecular weight is 315 g/mol. The molecule has 116 valence electrons. The van der Waals surface area contributed by atoms with E-state index in [2.05, 4.69) is 5.10 Å². The van der Waals surface area contributed by atoms with Crippen LogP contribution in [0.4, 0.5) is 18.9 Å². The minimum atomic E-state index is -4.54. The van der Waals surface area contributed by atoms with Crippen molar-refractivity contribution in [2.24, 2.45) is 0 Å². The van der Waals surface area contributed by atoms with E-state index >= 15 is 0 Å². The molecular weight excluding hydrogens is 307 g/mol. The molecule has 0 unspecified atom stereocenters. The summed E-state index contributed by atoms with van der Waals surface area (Å²) >= 11 is 0. The monoisotopic (exact) mass is 315 g/mol. The summed E-state index contributed by atoms with van der Waals surface area (Å²) in [5, 5.41) is 23.8. The summed E-state index contributed by atoms with van der Waals surface area (Å²) in [6.07, 6.45) is -4.54. The number of halogens is 3. The van der Waals surface area contributed by atoms with Gasteiger partial charge in [0.25, 0.3) is 0 Å². The molecule has 10 heteroatoms. The van der Waals surface area contributed by atoms with E-state index in [1.54, 1.807) is 0 Å². The van der Waals surface area contributed by atoms with Gasteiger partial charge < -0.3 is 5.11 Å². The predicted octanol–water partition coefficient (Wildman–Crippen LogP) is 2.81. The Bertz CT molecular complexity index is 750. The van der Waals surface area contributed by atoms with Gasteiger partial charge in [-0.1, -0.05) is 0 Å². The first-order valence-electron chi connectivity index (χ1n) is 5.78. The lowest BCUT2D eigenvalue weighted by Crippen LogP contribution is -2.11. The first-order valence-corrected chi connectivity index (χ1v) is 5.78. The number of carboxylic acid groups (broad SMARTS) is 1. The number of nitrogens with zero attached hydrogens (tertiary/aromatic N) is 3. The van der Waals surface area contributed by atoms with Crippen LogP contribution in [0.5, 0.6) is 0 Å². The summed E-state index contributed by atoms with van der Waals surface area (Å²) in [7, 11) is 0. The average Bonchev–Trinajstić information content (AvgIpc) is 2.75. The second kappa shape index (κ2) is 5.13. The van der Waals surface area contributed by atoms with Crippen LogP contribution >= 0.6 is 0 Å². The lowest BCUT2D eigenvalue weighted by atomic mass is 10.2. The Balaban J connectivity index is 2.61. The smallest absolute Gasteiger partial charge is 0.416 e. The van der Waals surface area contributed by atoms with Crippen LogP contribution in [0.15, 0.2) is 24.3 Å². The molecule has 1 heterocycles. The second-order valence-electron chi connectivity index (χ2n) is 4.30. The largest absolute Gasteiger partial charge is 0.476 e. The maximum atomic E-state index is 12.5. The highest BCUT2D eigenvalue weighted by Gasteiger charge is 2.32. The van der Waals surface area contributed by atoms with Crippen LogP contribution in [0.25, 0.3) is 5.69 Å². The van der Waals surface area contributed by atoms with E-state index in [0.29, 0.717) is 0 Å². The molecule has 0 saturated carbocycles. The number of carbonyl (C=O) groups is 1. The van der Waals surface area contributed by atoms with Crippen molar-refractivity contribution >= 4 is 11.7 Å². The summed E-state index contributed by atoms with van der Waals surface area (Å²) in [5.74, 6) is -1.60.